The SMILES string of the molecule is Cc1ccc(CN2C(=O)c3cc(-c4ccco4)nn3C[C@]2(C)C(=O)NCc2ccccc2C)cc1. The van der Waals surface area contributed by atoms with Crippen molar-refractivity contribution in [2.24, 2.45) is 0 Å². The molecule has 3 heterocycles. The molecular formula is C28H28N4O3. The summed E-state index contributed by atoms with van der Waals surface area (Å²) < 4.78 is 7.11. The lowest BCUT2D eigenvalue weighted by molar-refractivity contribution is -0.133. The molecule has 35 heavy (non-hydrogen) atoms. The molecule has 2 aromatic heterocycles. The molecule has 0 fully saturated rings. The van der Waals surface area contributed by atoms with Crippen molar-refractivity contribution in [3.8, 4) is 11.5 Å². The molecule has 0 unspecified atom stereocenters. The van der Waals surface area contributed by atoms with E-state index >= 15 is 0 Å². The Morgan fingerprint density at radius 2 is 1.86 bits per heavy atom. The van der Waals surface area contributed by atoms with Crippen molar-refractivity contribution in [1.29, 1.82) is 0 Å². The first-order chi connectivity index (χ1) is 16.8. The molecule has 1 aliphatic heterocycles. The van der Waals surface area contributed by atoms with Crippen LogP contribution in [0.3, 0.4) is 0 Å². The molecule has 1 atom stereocenters. The number of hydrogen-bond acceptors (Lipinski definition) is 4. The molecule has 4 aromatic rings. The topological polar surface area (TPSA) is 80.4 Å². The van der Waals surface area contributed by atoms with E-state index in [4.69, 9.17) is 4.42 Å². The molecule has 5 rings (SSSR count). The van der Waals surface area contributed by atoms with E-state index in [-0.39, 0.29) is 18.4 Å². The molecule has 7 nitrogen and oxygen atoms in total. The molecule has 0 bridgehead atoms. The molecule has 0 radical (unpaired) electrons. The number of fused-ring (bicyclic) bond motifs is 1. The first kappa shape index (κ1) is 22.7. The lowest BCUT2D eigenvalue weighted by Gasteiger charge is -2.43. The fourth-order valence-electron chi connectivity index (χ4n) is 4.48. The highest BCUT2D eigenvalue weighted by molar-refractivity contribution is 6.00. The highest BCUT2D eigenvalue weighted by Gasteiger charge is 2.48. The monoisotopic (exact) mass is 468 g/mol. The molecule has 0 saturated heterocycles. The fourth-order valence-corrected chi connectivity index (χ4v) is 4.48. The van der Waals surface area contributed by atoms with Crippen molar-refractivity contribution in [1.82, 2.24) is 20.0 Å². The van der Waals surface area contributed by atoms with Crippen molar-refractivity contribution in [2.75, 3.05) is 0 Å². The molecule has 0 aliphatic carbocycles. The molecule has 0 saturated carbocycles. The van der Waals surface area contributed by atoms with Crippen LogP contribution < -0.4 is 5.32 Å². The van der Waals surface area contributed by atoms with Crippen LogP contribution in [0.15, 0.2) is 77.4 Å². The highest BCUT2D eigenvalue weighted by atomic mass is 16.3. The smallest absolute Gasteiger partial charge is 0.273 e. The number of nitrogens with one attached hydrogen (secondary N) is 1. The molecule has 1 aliphatic rings. The minimum absolute atomic E-state index is 0.220. The van der Waals surface area contributed by atoms with Crippen LogP contribution in [0.4, 0.5) is 0 Å². The first-order valence-corrected chi connectivity index (χ1v) is 11.7. The second-order valence-corrected chi connectivity index (χ2v) is 9.31. The average molecular weight is 469 g/mol. The van der Waals surface area contributed by atoms with Gasteiger partial charge in [-0.05, 0) is 49.6 Å². The van der Waals surface area contributed by atoms with Crippen LogP contribution in [0.5, 0.6) is 0 Å². The van der Waals surface area contributed by atoms with Gasteiger partial charge in [0.05, 0.1) is 12.8 Å². The summed E-state index contributed by atoms with van der Waals surface area (Å²) in [7, 11) is 0. The minimum atomic E-state index is -1.13. The van der Waals surface area contributed by atoms with Crippen molar-refractivity contribution in [3.05, 3.63) is 101 Å². The number of benzene rings is 2. The van der Waals surface area contributed by atoms with E-state index in [9.17, 15) is 9.59 Å². The van der Waals surface area contributed by atoms with Gasteiger partial charge in [0.25, 0.3) is 5.91 Å². The molecule has 7 heteroatoms. The highest BCUT2D eigenvalue weighted by Crippen LogP contribution is 2.31. The number of aryl methyl sites for hydroxylation is 2. The van der Waals surface area contributed by atoms with Gasteiger partial charge in [-0.25, -0.2) is 0 Å². The number of carbonyl (C=O) groups is 2. The van der Waals surface area contributed by atoms with Crippen molar-refractivity contribution in [2.45, 2.75) is 45.9 Å². The summed E-state index contributed by atoms with van der Waals surface area (Å²) in [5, 5.41) is 7.67. The van der Waals surface area contributed by atoms with Gasteiger partial charge in [0.1, 0.15) is 16.9 Å². The van der Waals surface area contributed by atoms with E-state index in [0.29, 0.717) is 30.2 Å². The first-order valence-electron chi connectivity index (χ1n) is 11.7. The maximum absolute atomic E-state index is 13.8. The zero-order valence-corrected chi connectivity index (χ0v) is 20.1. The number of nitrogens with zero attached hydrogens (tertiary/aromatic N) is 3. The van der Waals surface area contributed by atoms with Crippen molar-refractivity contribution < 1.29 is 14.0 Å². The summed E-state index contributed by atoms with van der Waals surface area (Å²) in [6, 6.07) is 21.3. The second-order valence-electron chi connectivity index (χ2n) is 9.31. The van der Waals surface area contributed by atoms with Gasteiger partial charge < -0.3 is 14.6 Å². The third kappa shape index (κ3) is 4.25. The van der Waals surface area contributed by atoms with Gasteiger partial charge in [0.2, 0.25) is 5.91 Å². The Balaban J connectivity index is 1.49. The van der Waals surface area contributed by atoms with Crippen LogP contribution in [-0.4, -0.2) is 32.0 Å². The molecule has 2 amide bonds. The molecule has 178 valence electrons. The fraction of sp³-hybridized carbons (Fsp3) is 0.250. The number of hydrogen-bond donors (Lipinski definition) is 1. The number of furan rings is 1. The maximum atomic E-state index is 13.8. The third-order valence-electron chi connectivity index (χ3n) is 6.72. The van der Waals surface area contributed by atoms with Gasteiger partial charge in [-0.1, -0.05) is 54.1 Å². The van der Waals surface area contributed by atoms with Gasteiger partial charge in [0.15, 0.2) is 5.76 Å². The van der Waals surface area contributed by atoms with E-state index in [0.717, 1.165) is 22.3 Å². The minimum Gasteiger partial charge on any atom is -0.463 e. The van der Waals surface area contributed by atoms with Crippen molar-refractivity contribution >= 4 is 11.8 Å². The van der Waals surface area contributed by atoms with Crippen LogP contribution in [0.2, 0.25) is 0 Å². The van der Waals surface area contributed by atoms with Crippen LogP contribution in [-0.2, 0) is 24.4 Å². The van der Waals surface area contributed by atoms with Gasteiger partial charge >= 0.3 is 0 Å². The summed E-state index contributed by atoms with van der Waals surface area (Å²) in [6.45, 7) is 6.78. The number of carbonyl (C=O) groups excluding carboxylic acids is 2. The largest absolute Gasteiger partial charge is 0.463 e. The van der Waals surface area contributed by atoms with Crippen LogP contribution in [0, 0.1) is 13.8 Å². The van der Waals surface area contributed by atoms with E-state index in [2.05, 4.69) is 10.4 Å². The Bertz CT molecular complexity index is 1370. The normalized spacial score (nSPS) is 17.3. The lowest BCUT2D eigenvalue weighted by atomic mass is 9.93. The van der Waals surface area contributed by atoms with Gasteiger partial charge in [-0.2, -0.15) is 5.10 Å². The van der Waals surface area contributed by atoms with Gasteiger partial charge in [-0.15, -0.1) is 0 Å². The van der Waals surface area contributed by atoms with Crippen LogP contribution in [0.25, 0.3) is 11.5 Å². The Labute approximate surface area is 204 Å². The van der Waals surface area contributed by atoms with E-state index in [1.807, 2.05) is 69.3 Å². The quantitative estimate of drug-likeness (QED) is 0.452. The summed E-state index contributed by atoms with van der Waals surface area (Å²) in [5.74, 6) is 0.119. The molecule has 1 N–H and O–H groups in total. The zero-order chi connectivity index (χ0) is 24.6. The van der Waals surface area contributed by atoms with Gasteiger partial charge in [-0.3, -0.25) is 14.3 Å². The van der Waals surface area contributed by atoms with Crippen LogP contribution >= 0.6 is 0 Å². The lowest BCUT2D eigenvalue weighted by Crippen LogP contribution is -2.63. The molecular weight excluding hydrogens is 440 g/mol. The molecule has 2 aromatic carbocycles. The van der Waals surface area contributed by atoms with E-state index < -0.39 is 5.54 Å². The maximum Gasteiger partial charge on any atom is 0.273 e. The number of amides is 2. The Morgan fingerprint density at radius 3 is 2.57 bits per heavy atom. The summed E-state index contributed by atoms with van der Waals surface area (Å²) in [4.78, 5) is 29.1. The average Bonchev–Trinajstić information content (AvgIpc) is 3.52. The number of aromatic nitrogens is 2. The molecule has 0 spiro atoms. The standard InChI is InChI=1S/C28H28N4O3/c1-19-10-12-21(13-11-19)17-31-26(33)24-15-23(25-9-6-14-35-25)30-32(24)18-28(31,3)27(34)29-16-22-8-5-4-7-20(22)2/h4-15H,16-18H2,1-3H3,(H,29,34)/t28-/m1/s1. The number of rotatable bonds is 6. The Hall–Kier alpha value is -4.13. The predicted octanol–water partition coefficient (Wildman–Crippen LogP) is 4.49. The third-order valence-corrected chi connectivity index (χ3v) is 6.72. The predicted molar refractivity (Wildman–Crippen MR) is 132 cm³/mol. The van der Waals surface area contributed by atoms with E-state index in [1.54, 1.807) is 34.0 Å². The van der Waals surface area contributed by atoms with Gasteiger partial charge in [0, 0.05) is 19.2 Å². The van der Waals surface area contributed by atoms with Crippen molar-refractivity contribution in [3.63, 3.8) is 0 Å². The van der Waals surface area contributed by atoms with Crippen LogP contribution in [0.1, 0.15) is 39.7 Å². The zero-order valence-electron chi connectivity index (χ0n) is 20.1. The Morgan fingerprint density at radius 1 is 1.09 bits per heavy atom. The summed E-state index contributed by atoms with van der Waals surface area (Å²) in [5.41, 5.74) is 4.11. The van der Waals surface area contributed by atoms with E-state index in [1.165, 1.54) is 0 Å². The second kappa shape index (κ2) is 8.91. The Kier molecular flexibility index (Phi) is 5.76. The summed E-state index contributed by atoms with van der Waals surface area (Å²) in [6.07, 6.45) is 1.57. The summed E-state index contributed by atoms with van der Waals surface area (Å²) >= 11 is 0.